The second-order valence-corrected chi connectivity index (χ2v) is 4.91. The maximum atomic E-state index is 13.1. The molecule has 3 nitrogen and oxygen atoms in total. The molecule has 1 heterocycles. The SMILES string of the molecule is C=C(C)COCCNCC1Cc2cc(F)ccc2O1. The van der Waals surface area contributed by atoms with Crippen LogP contribution >= 0.6 is 0 Å². The molecule has 0 saturated heterocycles. The lowest BCUT2D eigenvalue weighted by Gasteiger charge is -2.12. The minimum atomic E-state index is -0.204. The van der Waals surface area contributed by atoms with E-state index in [0.29, 0.717) is 13.2 Å². The fourth-order valence-corrected chi connectivity index (χ4v) is 2.06. The molecule has 1 aromatic rings. The van der Waals surface area contributed by atoms with Crippen LogP contribution in [0.15, 0.2) is 30.4 Å². The summed E-state index contributed by atoms with van der Waals surface area (Å²) in [4.78, 5) is 0. The van der Waals surface area contributed by atoms with Gasteiger partial charge in [0.05, 0.1) is 13.2 Å². The van der Waals surface area contributed by atoms with E-state index in [0.717, 1.165) is 36.4 Å². The van der Waals surface area contributed by atoms with Gasteiger partial charge in [-0.2, -0.15) is 0 Å². The van der Waals surface area contributed by atoms with Crippen molar-refractivity contribution in [2.75, 3.05) is 26.3 Å². The molecule has 0 aromatic heterocycles. The zero-order chi connectivity index (χ0) is 13.7. The third-order valence-electron chi connectivity index (χ3n) is 2.91. The van der Waals surface area contributed by atoms with Crippen molar-refractivity contribution < 1.29 is 13.9 Å². The minimum absolute atomic E-state index is 0.0814. The summed E-state index contributed by atoms with van der Waals surface area (Å²) < 4.78 is 24.2. The number of ether oxygens (including phenoxy) is 2. The van der Waals surface area contributed by atoms with Gasteiger partial charge in [0, 0.05) is 25.1 Å². The molecule has 1 atom stereocenters. The molecule has 104 valence electrons. The Morgan fingerprint density at radius 3 is 3.21 bits per heavy atom. The van der Waals surface area contributed by atoms with Crippen LogP contribution in [0.1, 0.15) is 12.5 Å². The summed E-state index contributed by atoms with van der Waals surface area (Å²) in [7, 11) is 0. The third kappa shape index (κ3) is 4.33. The average molecular weight is 265 g/mol. The Morgan fingerprint density at radius 1 is 1.58 bits per heavy atom. The van der Waals surface area contributed by atoms with Crippen LogP contribution in [-0.4, -0.2) is 32.4 Å². The maximum absolute atomic E-state index is 13.1. The number of rotatable bonds is 7. The molecule has 1 aliphatic rings. The molecule has 1 aromatic carbocycles. The van der Waals surface area contributed by atoms with E-state index >= 15 is 0 Å². The molecular weight excluding hydrogens is 245 g/mol. The number of halogens is 1. The first kappa shape index (κ1) is 14.0. The fraction of sp³-hybridized carbons (Fsp3) is 0.467. The monoisotopic (exact) mass is 265 g/mol. The lowest BCUT2D eigenvalue weighted by atomic mass is 10.1. The van der Waals surface area contributed by atoms with Gasteiger partial charge in [-0.15, -0.1) is 0 Å². The van der Waals surface area contributed by atoms with Gasteiger partial charge < -0.3 is 14.8 Å². The molecule has 4 heteroatoms. The first-order valence-corrected chi connectivity index (χ1v) is 6.53. The van der Waals surface area contributed by atoms with E-state index in [9.17, 15) is 4.39 Å². The van der Waals surface area contributed by atoms with Gasteiger partial charge >= 0.3 is 0 Å². The Hall–Kier alpha value is -1.39. The van der Waals surface area contributed by atoms with Gasteiger partial charge in [0.15, 0.2) is 0 Å². The molecule has 2 rings (SSSR count). The molecule has 0 amide bonds. The molecule has 19 heavy (non-hydrogen) atoms. The Bertz CT molecular complexity index is 448. The second-order valence-electron chi connectivity index (χ2n) is 4.91. The summed E-state index contributed by atoms with van der Waals surface area (Å²) in [6.07, 6.45) is 0.838. The Balaban J connectivity index is 1.63. The molecule has 1 aliphatic heterocycles. The summed E-state index contributed by atoms with van der Waals surface area (Å²) in [5.41, 5.74) is 1.97. The van der Waals surface area contributed by atoms with Crippen LogP contribution in [0.2, 0.25) is 0 Å². The number of nitrogens with one attached hydrogen (secondary N) is 1. The van der Waals surface area contributed by atoms with E-state index in [4.69, 9.17) is 9.47 Å². The topological polar surface area (TPSA) is 30.5 Å². The van der Waals surface area contributed by atoms with E-state index in [2.05, 4.69) is 11.9 Å². The molecule has 0 spiro atoms. The van der Waals surface area contributed by atoms with Gasteiger partial charge in [-0.25, -0.2) is 4.39 Å². The highest BCUT2D eigenvalue weighted by molar-refractivity contribution is 5.37. The Morgan fingerprint density at radius 2 is 2.42 bits per heavy atom. The summed E-state index contributed by atoms with van der Waals surface area (Å²) in [5, 5.41) is 3.28. The van der Waals surface area contributed by atoms with E-state index in [-0.39, 0.29) is 11.9 Å². The first-order valence-electron chi connectivity index (χ1n) is 6.53. The molecule has 0 aliphatic carbocycles. The normalized spacial score (nSPS) is 17.1. The highest BCUT2D eigenvalue weighted by Gasteiger charge is 2.22. The molecule has 1 unspecified atom stereocenters. The molecule has 1 N–H and O–H groups in total. The second kappa shape index (κ2) is 6.68. The van der Waals surface area contributed by atoms with E-state index in [1.807, 2.05) is 6.92 Å². The molecule has 0 fully saturated rings. The highest BCUT2D eigenvalue weighted by Crippen LogP contribution is 2.28. The van der Waals surface area contributed by atoms with Crippen molar-refractivity contribution in [2.24, 2.45) is 0 Å². The third-order valence-corrected chi connectivity index (χ3v) is 2.91. The zero-order valence-electron chi connectivity index (χ0n) is 11.2. The minimum Gasteiger partial charge on any atom is -0.488 e. The van der Waals surface area contributed by atoms with Crippen molar-refractivity contribution in [3.05, 3.63) is 41.7 Å². The molecule has 0 saturated carbocycles. The average Bonchev–Trinajstić information content (AvgIpc) is 2.75. The summed E-state index contributed by atoms with van der Waals surface area (Å²) in [6, 6.07) is 4.67. The van der Waals surface area contributed by atoms with Crippen LogP contribution in [0.3, 0.4) is 0 Å². The van der Waals surface area contributed by atoms with Crippen molar-refractivity contribution in [3.8, 4) is 5.75 Å². The van der Waals surface area contributed by atoms with Crippen molar-refractivity contribution in [1.29, 1.82) is 0 Å². The van der Waals surface area contributed by atoms with Gasteiger partial charge in [-0.05, 0) is 25.1 Å². The van der Waals surface area contributed by atoms with Crippen molar-refractivity contribution in [1.82, 2.24) is 5.32 Å². The first-order chi connectivity index (χ1) is 9.15. The van der Waals surface area contributed by atoms with Crippen LogP contribution in [0, 0.1) is 5.82 Å². The smallest absolute Gasteiger partial charge is 0.123 e. The zero-order valence-corrected chi connectivity index (χ0v) is 11.2. The standard InChI is InChI=1S/C15H20FNO2/c1-11(2)10-18-6-5-17-9-14-8-12-7-13(16)3-4-15(12)19-14/h3-4,7,14,17H,1,5-6,8-10H2,2H3. The van der Waals surface area contributed by atoms with Gasteiger partial charge in [0.1, 0.15) is 17.7 Å². The van der Waals surface area contributed by atoms with E-state index in [1.165, 1.54) is 6.07 Å². The van der Waals surface area contributed by atoms with Gasteiger partial charge in [-0.1, -0.05) is 12.2 Å². The number of fused-ring (bicyclic) bond motifs is 1. The van der Waals surface area contributed by atoms with Crippen molar-refractivity contribution in [3.63, 3.8) is 0 Å². The van der Waals surface area contributed by atoms with Gasteiger partial charge in [0.25, 0.3) is 0 Å². The number of hydrogen-bond acceptors (Lipinski definition) is 3. The molecule has 0 radical (unpaired) electrons. The molecule has 0 bridgehead atoms. The van der Waals surface area contributed by atoms with Gasteiger partial charge in [0.2, 0.25) is 0 Å². The molecular formula is C15H20FNO2. The summed E-state index contributed by atoms with van der Waals surface area (Å²) in [5.74, 6) is 0.593. The lowest BCUT2D eigenvalue weighted by Crippen LogP contribution is -2.32. The summed E-state index contributed by atoms with van der Waals surface area (Å²) >= 11 is 0. The predicted octanol–water partition coefficient (Wildman–Crippen LogP) is 2.31. The van der Waals surface area contributed by atoms with Crippen LogP contribution in [0.25, 0.3) is 0 Å². The van der Waals surface area contributed by atoms with Crippen LogP contribution < -0.4 is 10.1 Å². The number of hydrogen-bond donors (Lipinski definition) is 1. The maximum Gasteiger partial charge on any atom is 0.123 e. The van der Waals surface area contributed by atoms with Crippen molar-refractivity contribution >= 4 is 0 Å². The Kier molecular flexibility index (Phi) is 4.93. The van der Waals surface area contributed by atoms with E-state index in [1.54, 1.807) is 12.1 Å². The lowest BCUT2D eigenvalue weighted by molar-refractivity contribution is 0.152. The van der Waals surface area contributed by atoms with Crippen LogP contribution in [0.5, 0.6) is 5.75 Å². The summed E-state index contributed by atoms with van der Waals surface area (Å²) in [6.45, 7) is 8.49. The van der Waals surface area contributed by atoms with E-state index < -0.39 is 0 Å². The van der Waals surface area contributed by atoms with Gasteiger partial charge in [-0.3, -0.25) is 0 Å². The van der Waals surface area contributed by atoms with Crippen LogP contribution in [-0.2, 0) is 11.2 Å². The number of benzene rings is 1. The van der Waals surface area contributed by atoms with Crippen molar-refractivity contribution in [2.45, 2.75) is 19.4 Å². The highest BCUT2D eigenvalue weighted by atomic mass is 19.1. The predicted molar refractivity (Wildman–Crippen MR) is 73.0 cm³/mol. The Labute approximate surface area is 113 Å². The quantitative estimate of drug-likeness (QED) is 0.606. The fourth-order valence-electron chi connectivity index (χ4n) is 2.06. The largest absolute Gasteiger partial charge is 0.488 e. The van der Waals surface area contributed by atoms with Crippen LogP contribution in [0.4, 0.5) is 4.39 Å².